The average Bonchev–Trinajstić information content (AvgIpc) is 3.09. The van der Waals surface area contributed by atoms with E-state index in [1.165, 1.54) is 11.3 Å². The first-order valence-corrected chi connectivity index (χ1v) is 8.97. The van der Waals surface area contributed by atoms with Crippen LogP contribution in [0.1, 0.15) is 13.3 Å². The maximum Gasteiger partial charge on any atom is 0.267 e. The molecule has 1 atom stereocenters. The number of halogens is 1. The Labute approximate surface area is 154 Å². The predicted octanol–water partition coefficient (Wildman–Crippen LogP) is 4.65. The largest absolute Gasteiger partial charge is 0.481 e. The number of nitrogens with one attached hydrogen (secondary N) is 1. The summed E-state index contributed by atoms with van der Waals surface area (Å²) in [6.07, 6.45) is -0.120. The quantitative estimate of drug-likeness (QED) is 0.682. The van der Waals surface area contributed by atoms with Crippen LogP contribution in [-0.4, -0.2) is 22.2 Å². The molecule has 7 heteroatoms. The lowest BCUT2D eigenvalue weighted by Crippen LogP contribution is -2.32. The Morgan fingerprint density at radius 1 is 1.20 bits per heavy atom. The van der Waals surface area contributed by atoms with Gasteiger partial charge in [-0.2, -0.15) is 0 Å². The third-order valence-electron chi connectivity index (χ3n) is 3.41. The Balaban J connectivity index is 1.67. The van der Waals surface area contributed by atoms with E-state index >= 15 is 0 Å². The zero-order chi connectivity index (χ0) is 17.6. The van der Waals surface area contributed by atoms with Gasteiger partial charge >= 0.3 is 0 Å². The first kappa shape index (κ1) is 17.4. The molecule has 25 heavy (non-hydrogen) atoms. The van der Waals surface area contributed by atoms with E-state index in [-0.39, 0.29) is 5.91 Å². The van der Waals surface area contributed by atoms with Crippen molar-refractivity contribution >= 4 is 34.0 Å². The number of carbonyl (C=O) groups excluding carboxylic acids is 1. The summed E-state index contributed by atoms with van der Waals surface area (Å²) >= 11 is 7.26. The maximum atomic E-state index is 12.4. The van der Waals surface area contributed by atoms with Crippen LogP contribution >= 0.6 is 22.9 Å². The lowest BCUT2D eigenvalue weighted by Gasteiger charge is -2.16. The standard InChI is InChI=1S/C18H16ClN3O2S/c1-2-15(24-14-10-6-9-13(19)11-14)16(23)20-18-22-21-17(25-18)12-7-4-3-5-8-12/h3-11,15H,2H2,1H3,(H,20,22,23)/t15-/m1/s1. The van der Waals surface area contributed by atoms with Gasteiger partial charge < -0.3 is 4.74 Å². The molecule has 0 fully saturated rings. The fraction of sp³-hybridized carbons (Fsp3) is 0.167. The molecule has 3 rings (SSSR count). The number of ether oxygens (including phenoxy) is 1. The van der Waals surface area contributed by atoms with Gasteiger partial charge in [0.1, 0.15) is 10.8 Å². The predicted molar refractivity (Wildman–Crippen MR) is 100 cm³/mol. The third-order valence-corrected chi connectivity index (χ3v) is 4.54. The molecule has 0 aliphatic rings. The van der Waals surface area contributed by atoms with Gasteiger partial charge in [0.25, 0.3) is 5.91 Å². The Hall–Kier alpha value is -2.44. The highest BCUT2D eigenvalue weighted by molar-refractivity contribution is 7.18. The molecule has 128 valence electrons. The van der Waals surface area contributed by atoms with Crippen LogP contribution in [0.15, 0.2) is 54.6 Å². The number of anilines is 1. The van der Waals surface area contributed by atoms with Crippen molar-refractivity contribution < 1.29 is 9.53 Å². The molecule has 0 aliphatic heterocycles. The second-order valence-corrected chi connectivity index (χ2v) is 6.65. The second kappa shape index (κ2) is 8.09. The highest BCUT2D eigenvalue weighted by Gasteiger charge is 2.20. The Kier molecular flexibility index (Phi) is 5.63. The normalized spacial score (nSPS) is 11.8. The zero-order valence-electron chi connectivity index (χ0n) is 13.5. The topological polar surface area (TPSA) is 64.1 Å². The van der Waals surface area contributed by atoms with Gasteiger partial charge in [-0.15, -0.1) is 10.2 Å². The number of hydrogen-bond acceptors (Lipinski definition) is 5. The van der Waals surface area contributed by atoms with Crippen LogP contribution in [0.5, 0.6) is 5.75 Å². The number of hydrogen-bond donors (Lipinski definition) is 1. The molecule has 1 aromatic heterocycles. The molecule has 0 unspecified atom stereocenters. The lowest BCUT2D eigenvalue weighted by atomic mass is 10.2. The SMILES string of the molecule is CC[C@@H](Oc1cccc(Cl)c1)C(=O)Nc1nnc(-c2ccccc2)s1. The van der Waals surface area contributed by atoms with Gasteiger partial charge in [-0.25, -0.2) is 0 Å². The molecule has 0 saturated heterocycles. The molecule has 0 aliphatic carbocycles. The van der Waals surface area contributed by atoms with Crippen molar-refractivity contribution in [1.82, 2.24) is 10.2 Å². The molecular weight excluding hydrogens is 358 g/mol. The summed E-state index contributed by atoms with van der Waals surface area (Å²) in [6, 6.07) is 16.7. The van der Waals surface area contributed by atoms with E-state index in [1.54, 1.807) is 24.3 Å². The molecule has 0 bridgehead atoms. The molecule has 1 N–H and O–H groups in total. The van der Waals surface area contributed by atoms with Gasteiger partial charge in [0.05, 0.1) is 0 Å². The molecule has 1 amide bonds. The Bertz CT molecular complexity index is 854. The van der Waals surface area contributed by atoms with Gasteiger partial charge in [0, 0.05) is 10.6 Å². The van der Waals surface area contributed by atoms with Crippen LogP contribution in [-0.2, 0) is 4.79 Å². The van der Waals surface area contributed by atoms with Crippen molar-refractivity contribution in [3.05, 3.63) is 59.6 Å². The van der Waals surface area contributed by atoms with Crippen molar-refractivity contribution in [2.75, 3.05) is 5.32 Å². The van der Waals surface area contributed by atoms with E-state index in [0.717, 1.165) is 10.6 Å². The molecule has 2 aromatic carbocycles. The number of aromatic nitrogens is 2. The minimum absolute atomic E-state index is 0.266. The minimum Gasteiger partial charge on any atom is -0.481 e. The highest BCUT2D eigenvalue weighted by atomic mass is 35.5. The first-order valence-electron chi connectivity index (χ1n) is 7.77. The third kappa shape index (κ3) is 4.55. The van der Waals surface area contributed by atoms with E-state index in [1.807, 2.05) is 37.3 Å². The molecular formula is C18H16ClN3O2S. The fourth-order valence-electron chi connectivity index (χ4n) is 2.18. The molecule has 1 heterocycles. The molecule has 0 spiro atoms. The summed E-state index contributed by atoms with van der Waals surface area (Å²) in [5.74, 6) is 0.287. The van der Waals surface area contributed by atoms with Crippen LogP contribution in [0, 0.1) is 0 Å². The van der Waals surface area contributed by atoms with Crippen molar-refractivity contribution in [3.63, 3.8) is 0 Å². The summed E-state index contributed by atoms with van der Waals surface area (Å²) in [4.78, 5) is 12.4. The maximum absolute atomic E-state index is 12.4. The molecule has 0 saturated carbocycles. The van der Waals surface area contributed by atoms with Crippen LogP contribution in [0.3, 0.4) is 0 Å². The van der Waals surface area contributed by atoms with Gasteiger partial charge in [0.15, 0.2) is 6.10 Å². The first-order chi connectivity index (χ1) is 12.2. The lowest BCUT2D eigenvalue weighted by molar-refractivity contribution is -0.122. The van der Waals surface area contributed by atoms with E-state index in [4.69, 9.17) is 16.3 Å². The number of amides is 1. The zero-order valence-corrected chi connectivity index (χ0v) is 15.1. The summed E-state index contributed by atoms with van der Waals surface area (Å²) < 4.78 is 5.73. The van der Waals surface area contributed by atoms with Crippen LogP contribution < -0.4 is 10.1 Å². The number of rotatable bonds is 6. The van der Waals surface area contributed by atoms with Crippen LogP contribution in [0.4, 0.5) is 5.13 Å². The van der Waals surface area contributed by atoms with Crippen molar-refractivity contribution in [2.24, 2.45) is 0 Å². The smallest absolute Gasteiger partial charge is 0.267 e. The van der Waals surface area contributed by atoms with Crippen LogP contribution in [0.2, 0.25) is 5.02 Å². The summed E-state index contributed by atoms with van der Waals surface area (Å²) in [5, 5.41) is 12.7. The fourth-order valence-corrected chi connectivity index (χ4v) is 3.12. The van der Waals surface area contributed by atoms with Crippen molar-refractivity contribution in [2.45, 2.75) is 19.4 Å². The minimum atomic E-state index is -0.637. The van der Waals surface area contributed by atoms with E-state index in [2.05, 4.69) is 15.5 Å². The van der Waals surface area contributed by atoms with Gasteiger partial charge in [-0.3, -0.25) is 10.1 Å². The highest BCUT2D eigenvalue weighted by Crippen LogP contribution is 2.26. The Morgan fingerprint density at radius 2 is 2.00 bits per heavy atom. The molecule has 3 aromatic rings. The van der Waals surface area contributed by atoms with Crippen molar-refractivity contribution in [3.8, 4) is 16.3 Å². The Morgan fingerprint density at radius 3 is 2.72 bits per heavy atom. The monoisotopic (exact) mass is 373 g/mol. The van der Waals surface area contributed by atoms with Gasteiger partial charge in [-0.1, -0.05) is 66.3 Å². The van der Waals surface area contributed by atoms with E-state index in [9.17, 15) is 4.79 Å². The van der Waals surface area contributed by atoms with E-state index < -0.39 is 6.10 Å². The molecule has 5 nitrogen and oxygen atoms in total. The summed E-state index contributed by atoms with van der Waals surface area (Å²) in [6.45, 7) is 1.88. The van der Waals surface area contributed by atoms with Crippen LogP contribution in [0.25, 0.3) is 10.6 Å². The van der Waals surface area contributed by atoms with E-state index in [0.29, 0.717) is 22.3 Å². The van der Waals surface area contributed by atoms with Crippen molar-refractivity contribution in [1.29, 1.82) is 0 Å². The molecule has 0 radical (unpaired) electrons. The second-order valence-electron chi connectivity index (χ2n) is 5.24. The van der Waals surface area contributed by atoms with Gasteiger partial charge in [0.2, 0.25) is 5.13 Å². The number of nitrogens with zero attached hydrogens (tertiary/aromatic N) is 2. The van der Waals surface area contributed by atoms with Gasteiger partial charge in [-0.05, 0) is 24.6 Å². The number of benzene rings is 2. The summed E-state index contributed by atoms with van der Waals surface area (Å²) in [5.41, 5.74) is 0.961. The average molecular weight is 374 g/mol. The summed E-state index contributed by atoms with van der Waals surface area (Å²) in [7, 11) is 0. The number of carbonyl (C=O) groups is 1.